The van der Waals surface area contributed by atoms with Crippen molar-refractivity contribution in [3.05, 3.63) is 303 Å². The molecule has 0 amide bonds. The van der Waals surface area contributed by atoms with E-state index in [9.17, 15) is 0 Å². The van der Waals surface area contributed by atoms with Crippen molar-refractivity contribution in [1.82, 2.24) is 29.1 Å². The Hall–Kier alpha value is -11.5. The normalized spacial score (nSPS) is 13.1. The van der Waals surface area contributed by atoms with Crippen LogP contribution in [-0.2, 0) is 6.42 Å². The van der Waals surface area contributed by atoms with Gasteiger partial charge in [0.15, 0.2) is 0 Å². The van der Waals surface area contributed by atoms with E-state index >= 15 is 0 Å². The van der Waals surface area contributed by atoms with Crippen LogP contribution in [0.25, 0.3) is 156 Å². The maximum Gasteiger partial charge on any atom is 0.135 e. The van der Waals surface area contributed by atoms with E-state index in [0.717, 1.165) is 163 Å². The number of pyridine rings is 4. The first-order valence-electron chi connectivity index (χ1n) is 29.6. The second-order valence-corrected chi connectivity index (χ2v) is 22.5. The quantitative estimate of drug-likeness (QED) is 0.136. The molecule has 1 atom stereocenters. The van der Waals surface area contributed by atoms with Crippen molar-refractivity contribution >= 4 is 60.7 Å². The number of benzene rings is 9. The lowest BCUT2D eigenvalue weighted by Crippen LogP contribution is -2.12. The second kappa shape index (κ2) is 20.7. The maximum absolute atomic E-state index is 6.77. The van der Waals surface area contributed by atoms with Crippen molar-refractivity contribution in [1.29, 1.82) is 0 Å². The fraction of sp³-hybridized carbons (Fsp3) is 0.0250. The molecule has 0 saturated heterocycles. The monoisotopic (exact) mass is 1110 g/mol. The molecule has 0 fully saturated rings. The number of aromatic nitrogens is 6. The van der Waals surface area contributed by atoms with Gasteiger partial charge in [0.2, 0.25) is 0 Å². The molecule has 7 aromatic heterocycles. The summed E-state index contributed by atoms with van der Waals surface area (Å²) in [4.78, 5) is 20.9. The van der Waals surface area contributed by atoms with Crippen LogP contribution in [0.2, 0.25) is 0 Å². The first-order chi connectivity index (χ1) is 43.1. The average Bonchev–Trinajstić information content (AvgIpc) is 2.01. The molecule has 0 bridgehead atoms. The van der Waals surface area contributed by atoms with Gasteiger partial charge in [-0.15, -0.1) is 0 Å². The topological polar surface area (TPSA) is 74.6 Å². The first-order valence-corrected chi connectivity index (χ1v) is 29.6. The minimum atomic E-state index is -0.0224. The van der Waals surface area contributed by atoms with Gasteiger partial charge in [-0.3, -0.25) is 0 Å². The summed E-state index contributed by atoms with van der Waals surface area (Å²) >= 11 is 0. The molecule has 0 aliphatic heterocycles. The first kappa shape index (κ1) is 50.0. The largest absolute Gasteiger partial charge is 0.456 e. The summed E-state index contributed by atoms with van der Waals surface area (Å²) in [5.41, 5.74) is 23.6. The van der Waals surface area contributed by atoms with Gasteiger partial charge in [0.05, 0.1) is 62.6 Å². The third kappa shape index (κ3) is 8.83. The van der Waals surface area contributed by atoms with E-state index in [1.807, 2.05) is 24.3 Å². The summed E-state index contributed by atoms with van der Waals surface area (Å²) in [7, 11) is 0. The molecule has 1 aliphatic rings. The van der Waals surface area contributed by atoms with Gasteiger partial charge in [-0.25, -0.2) is 19.9 Å². The van der Waals surface area contributed by atoms with Crippen LogP contribution in [0.1, 0.15) is 17.4 Å². The summed E-state index contributed by atoms with van der Waals surface area (Å²) in [6.07, 6.45) is 5.24. The molecular weight excluding hydrogens is 1060 g/mol. The van der Waals surface area contributed by atoms with E-state index in [0.29, 0.717) is 0 Å². The Morgan fingerprint density at radius 3 is 1.02 bits per heavy atom. The van der Waals surface area contributed by atoms with Gasteiger partial charge >= 0.3 is 0 Å². The molecule has 1 unspecified atom stereocenters. The highest BCUT2D eigenvalue weighted by molar-refractivity contribution is 6.13. The van der Waals surface area contributed by atoms with Gasteiger partial charge in [-0.1, -0.05) is 176 Å². The fourth-order valence-electron chi connectivity index (χ4n) is 13.1. The molecule has 7 heteroatoms. The van der Waals surface area contributed by atoms with Crippen LogP contribution in [0.4, 0.5) is 0 Å². The number of furan rings is 1. The number of nitrogens with zero attached hydrogens (tertiary/aromatic N) is 6. The molecule has 0 saturated carbocycles. The fourth-order valence-corrected chi connectivity index (χ4v) is 13.1. The lowest BCUT2D eigenvalue weighted by molar-refractivity contribution is 0.572. The molecule has 408 valence electrons. The number of hydrogen-bond donors (Lipinski definition) is 0. The highest BCUT2D eigenvalue weighted by Crippen LogP contribution is 2.44. The molecule has 7 nitrogen and oxygen atoms in total. The Labute approximate surface area is 502 Å². The molecule has 16 aromatic rings. The Bertz CT molecular complexity index is 5090. The maximum atomic E-state index is 6.77. The minimum Gasteiger partial charge on any atom is -0.456 e. The van der Waals surface area contributed by atoms with E-state index < -0.39 is 0 Å². The summed E-state index contributed by atoms with van der Waals surface area (Å²) in [6.45, 7) is 0. The second-order valence-electron chi connectivity index (χ2n) is 22.5. The molecule has 1 aliphatic carbocycles. The molecular formula is C80H52N6O. The Morgan fingerprint density at radius 1 is 0.299 bits per heavy atom. The van der Waals surface area contributed by atoms with Gasteiger partial charge in [-0.05, 0) is 121 Å². The zero-order chi connectivity index (χ0) is 57.4. The van der Waals surface area contributed by atoms with Crippen LogP contribution >= 0.6 is 0 Å². The van der Waals surface area contributed by atoms with Crippen LogP contribution in [0.3, 0.4) is 0 Å². The Morgan fingerprint density at radius 2 is 0.644 bits per heavy atom. The van der Waals surface area contributed by atoms with Crippen molar-refractivity contribution < 1.29 is 4.42 Å². The van der Waals surface area contributed by atoms with Crippen LogP contribution in [0, 0.1) is 0 Å². The van der Waals surface area contributed by atoms with Crippen LogP contribution in [0.5, 0.6) is 0 Å². The third-order valence-corrected chi connectivity index (χ3v) is 17.3. The highest BCUT2D eigenvalue weighted by Gasteiger charge is 2.27. The van der Waals surface area contributed by atoms with Gasteiger partial charge in [0.25, 0.3) is 0 Å². The Kier molecular flexibility index (Phi) is 11.9. The predicted molar refractivity (Wildman–Crippen MR) is 356 cm³/mol. The van der Waals surface area contributed by atoms with Gasteiger partial charge in [0, 0.05) is 100 Å². The van der Waals surface area contributed by atoms with Crippen LogP contribution in [0.15, 0.2) is 296 Å². The number of fused-ring (bicyclic) bond motifs is 9. The zero-order valence-corrected chi connectivity index (χ0v) is 47.2. The standard InChI is InChI=1S/C80H52N6O/c1-5-17-51(18-6-1)67-25-13-29-71(81-67)55-33-39-75-61(45-55)62-46-56(72-30-14-26-68(82-72)52-19-7-2-8-20-52)34-40-76(62)85(75)59-37-43-79-65(49-59)66-50-60(38-44-80(66)87-79)86-77-41-35-57(73-31-15-27-69(83-73)53-21-9-3-10-22-53)47-63(77)64-48-58(36-42-78(64)86)74-32-16-28-70(84-74)54-23-11-4-12-24-54/h1-49,60H,50H2. The SMILES string of the molecule is C1=CC(n2c3ccc(-c4cccc(-c5ccccc5)n4)cc3c3cc(-c4cccc(-c5ccccc5)n4)ccc32)Cc2c1oc1ccc(-n3c4ccc(-c5cccc(-c6ccccc6)n5)cc4c4cc(-c5cccc(-c6ccccc6)n5)ccc43)cc21. The Balaban J connectivity index is 0.789. The van der Waals surface area contributed by atoms with E-state index in [-0.39, 0.29) is 6.04 Å². The zero-order valence-electron chi connectivity index (χ0n) is 47.2. The van der Waals surface area contributed by atoms with Gasteiger partial charge < -0.3 is 13.6 Å². The van der Waals surface area contributed by atoms with E-state index in [4.69, 9.17) is 24.4 Å². The van der Waals surface area contributed by atoms with Gasteiger partial charge in [-0.2, -0.15) is 0 Å². The number of rotatable bonds is 10. The molecule has 0 N–H and O–H groups in total. The smallest absolute Gasteiger partial charge is 0.135 e. The predicted octanol–water partition coefficient (Wildman–Crippen LogP) is 20.4. The summed E-state index contributed by atoms with van der Waals surface area (Å²) in [5.74, 6) is 0.893. The molecule has 9 aromatic carbocycles. The van der Waals surface area contributed by atoms with Gasteiger partial charge in [0.1, 0.15) is 11.3 Å². The molecule has 0 radical (unpaired) electrons. The van der Waals surface area contributed by atoms with Crippen molar-refractivity contribution in [3.8, 4) is 95.7 Å². The van der Waals surface area contributed by atoms with Crippen LogP contribution < -0.4 is 0 Å². The summed E-state index contributed by atoms with van der Waals surface area (Å²) < 4.78 is 11.7. The summed E-state index contributed by atoms with van der Waals surface area (Å²) in [6, 6.07) is 101. The van der Waals surface area contributed by atoms with E-state index in [1.165, 1.54) is 5.56 Å². The minimum absolute atomic E-state index is 0.0224. The number of allylic oxidation sites excluding steroid dienone is 1. The van der Waals surface area contributed by atoms with E-state index in [2.05, 4.69) is 282 Å². The van der Waals surface area contributed by atoms with E-state index in [1.54, 1.807) is 0 Å². The molecule has 7 heterocycles. The molecule has 17 rings (SSSR count). The highest BCUT2D eigenvalue weighted by atomic mass is 16.3. The molecule has 87 heavy (non-hydrogen) atoms. The van der Waals surface area contributed by atoms with Crippen molar-refractivity contribution in [2.24, 2.45) is 0 Å². The van der Waals surface area contributed by atoms with Crippen molar-refractivity contribution in [3.63, 3.8) is 0 Å². The summed E-state index contributed by atoms with van der Waals surface area (Å²) in [5, 5.41) is 5.68. The number of hydrogen-bond acceptors (Lipinski definition) is 5. The van der Waals surface area contributed by atoms with Crippen molar-refractivity contribution in [2.75, 3.05) is 0 Å². The lowest BCUT2D eigenvalue weighted by Gasteiger charge is -2.21. The molecule has 0 spiro atoms. The average molecular weight is 1110 g/mol. The third-order valence-electron chi connectivity index (χ3n) is 17.3. The lowest BCUT2D eigenvalue weighted by atomic mass is 9.96. The van der Waals surface area contributed by atoms with Crippen molar-refractivity contribution in [2.45, 2.75) is 12.5 Å². The van der Waals surface area contributed by atoms with Crippen LogP contribution in [-0.4, -0.2) is 29.1 Å².